The van der Waals surface area contributed by atoms with Crippen LogP contribution in [0.1, 0.15) is 71.2 Å². The minimum absolute atomic E-state index is 0.0225. The van der Waals surface area contributed by atoms with E-state index in [0.717, 1.165) is 11.1 Å². The van der Waals surface area contributed by atoms with E-state index in [-0.39, 0.29) is 13.0 Å². The molecule has 2 N–H and O–H groups in total. The summed E-state index contributed by atoms with van der Waals surface area (Å²) in [6.07, 6.45) is 2.52. The molecule has 232 valence electrons. The van der Waals surface area contributed by atoms with Gasteiger partial charge in [-0.3, -0.25) is 9.59 Å². The number of hydrogen-bond acceptors (Lipinski definition) is 6. The Kier molecular flexibility index (Phi) is 12.3. The molecule has 3 unspecified atom stereocenters. The van der Waals surface area contributed by atoms with Crippen LogP contribution in [0.5, 0.6) is 0 Å². The Morgan fingerprint density at radius 2 is 1.51 bits per heavy atom. The van der Waals surface area contributed by atoms with Crippen LogP contribution in [0.2, 0.25) is 0 Å². The second-order valence-corrected chi connectivity index (χ2v) is 12.2. The van der Waals surface area contributed by atoms with E-state index in [2.05, 4.69) is 23.8 Å². The van der Waals surface area contributed by atoms with E-state index in [9.17, 15) is 19.2 Å². The highest BCUT2D eigenvalue weighted by Gasteiger charge is 2.37. The molecule has 0 aliphatic rings. The number of rotatable bonds is 12. The number of nitrogens with zero attached hydrogens (tertiary/aromatic N) is 1. The van der Waals surface area contributed by atoms with E-state index in [4.69, 9.17) is 9.47 Å². The van der Waals surface area contributed by atoms with Gasteiger partial charge in [0, 0.05) is 13.0 Å². The Balaban J connectivity index is 2.52. The third-order valence-corrected chi connectivity index (χ3v) is 6.03. The van der Waals surface area contributed by atoms with Gasteiger partial charge in [0.2, 0.25) is 11.8 Å². The predicted octanol–water partition coefficient (Wildman–Crippen LogP) is 5.37. The van der Waals surface area contributed by atoms with Crippen molar-refractivity contribution in [3.63, 3.8) is 0 Å². The van der Waals surface area contributed by atoms with Crippen molar-refractivity contribution in [2.45, 2.75) is 84.2 Å². The number of esters is 1. The van der Waals surface area contributed by atoms with E-state index in [1.165, 1.54) is 17.9 Å². The third-order valence-electron chi connectivity index (χ3n) is 6.03. The summed E-state index contributed by atoms with van der Waals surface area (Å²) in [5.74, 6) is -1.76. The smallest absolute Gasteiger partial charge is 0.408 e. The molecule has 0 fully saturated rings. The summed E-state index contributed by atoms with van der Waals surface area (Å²) >= 11 is 0. The first kappa shape index (κ1) is 34.8. The fraction of sp³-hybridized carbons (Fsp3) is 0.412. The number of nitrogens with one attached hydrogen (secondary N) is 2. The SMILES string of the molecule is C=CCN(C(=O)C(C)NC(=O)OC(C)(C)C)C(C(=O)NC(Cc1ccccc1)C(=O)OC(C)(C)C)c1cccc(C=C)c1. The molecule has 3 atom stereocenters. The van der Waals surface area contributed by atoms with Crippen LogP contribution in [0.3, 0.4) is 0 Å². The molecule has 0 heterocycles. The molecule has 0 radical (unpaired) electrons. The molecule has 2 rings (SSSR count). The van der Waals surface area contributed by atoms with E-state index in [1.807, 2.05) is 36.4 Å². The van der Waals surface area contributed by atoms with Crippen molar-refractivity contribution in [3.8, 4) is 0 Å². The average Bonchev–Trinajstić information content (AvgIpc) is 2.90. The first-order valence-corrected chi connectivity index (χ1v) is 14.2. The summed E-state index contributed by atoms with van der Waals surface area (Å²) in [7, 11) is 0. The lowest BCUT2D eigenvalue weighted by Crippen LogP contribution is -2.54. The molecule has 9 heteroatoms. The minimum Gasteiger partial charge on any atom is -0.458 e. The quantitative estimate of drug-likeness (QED) is 0.254. The summed E-state index contributed by atoms with van der Waals surface area (Å²) in [6, 6.07) is 13.0. The molecule has 0 saturated heterocycles. The maximum Gasteiger partial charge on any atom is 0.408 e. The van der Waals surface area contributed by atoms with Gasteiger partial charge in [-0.2, -0.15) is 0 Å². The lowest BCUT2D eigenvalue weighted by atomic mass is 9.99. The number of benzene rings is 2. The molecule has 0 saturated carbocycles. The van der Waals surface area contributed by atoms with E-state index in [1.54, 1.807) is 65.8 Å². The highest BCUT2D eigenvalue weighted by atomic mass is 16.6. The second kappa shape index (κ2) is 15.2. The van der Waals surface area contributed by atoms with Crippen LogP contribution in [-0.4, -0.2) is 58.6 Å². The average molecular weight is 592 g/mol. The molecule has 0 aliphatic carbocycles. The summed E-state index contributed by atoms with van der Waals surface area (Å²) in [5.41, 5.74) is 0.475. The van der Waals surface area contributed by atoms with Gasteiger partial charge < -0.3 is 25.0 Å². The fourth-order valence-electron chi connectivity index (χ4n) is 4.25. The van der Waals surface area contributed by atoms with Gasteiger partial charge >= 0.3 is 12.1 Å². The summed E-state index contributed by atoms with van der Waals surface area (Å²) < 4.78 is 11.0. The zero-order valence-corrected chi connectivity index (χ0v) is 26.3. The van der Waals surface area contributed by atoms with Crippen molar-refractivity contribution in [1.29, 1.82) is 0 Å². The Hall–Kier alpha value is -4.40. The third kappa shape index (κ3) is 11.4. The van der Waals surface area contributed by atoms with E-state index >= 15 is 0 Å². The van der Waals surface area contributed by atoms with Gasteiger partial charge in [-0.1, -0.05) is 67.3 Å². The zero-order chi connectivity index (χ0) is 32.4. The molecule has 9 nitrogen and oxygen atoms in total. The largest absolute Gasteiger partial charge is 0.458 e. The lowest BCUT2D eigenvalue weighted by molar-refractivity contribution is -0.159. The van der Waals surface area contributed by atoms with Crippen molar-refractivity contribution in [1.82, 2.24) is 15.5 Å². The van der Waals surface area contributed by atoms with Crippen molar-refractivity contribution in [3.05, 3.63) is 90.5 Å². The fourth-order valence-corrected chi connectivity index (χ4v) is 4.25. The topological polar surface area (TPSA) is 114 Å². The molecule has 3 amide bonds. The monoisotopic (exact) mass is 591 g/mol. The molecule has 2 aromatic rings. The number of alkyl carbamates (subject to hydrolysis) is 1. The van der Waals surface area contributed by atoms with Gasteiger partial charge in [0.15, 0.2) is 0 Å². The molecule has 0 bridgehead atoms. The minimum atomic E-state index is -1.19. The van der Waals surface area contributed by atoms with E-state index in [0.29, 0.717) is 5.56 Å². The van der Waals surface area contributed by atoms with Crippen molar-refractivity contribution in [2.24, 2.45) is 0 Å². The molecule has 0 aliphatic heterocycles. The molecule has 0 aromatic heterocycles. The first-order valence-electron chi connectivity index (χ1n) is 14.2. The first-order chi connectivity index (χ1) is 20.0. The van der Waals surface area contributed by atoms with Crippen LogP contribution >= 0.6 is 0 Å². The van der Waals surface area contributed by atoms with Crippen LogP contribution in [0.25, 0.3) is 6.08 Å². The molecule has 0 spiro atoms. The highest BCUT2D eigenvalue weighted by Crippen LogP contribution is 2.25. The standard InChI is InChI=1S/C34H45N3O6/c1-10-20-37(30(39)23(3)35-32(41)43-34(7,8)9)28(26-19-15-18-24(11-2)21-26)29(38)36-27(31(40)42-33(4,5)6)22-25-16-13-12-14-17-25/h10-19,21,23,27-28H,1-2,20,22H2,3-9H3,(H,35,41)(H,36,38). The van der Waals surface area contributed by atoms with Crippen molar-refractivity contribution < 1.29 is 28.7 Å². The molecular weight excluding hydrogens is 546 g/mol. The van der Waals surface area contributed by atoms with Gasteiger partial charge in [0.1, 0.15) is 29.3 Å². The summed E-state index contributed by atoms with van der Waals surface area (Å²) in [5, 5.41) is 5.40. The molecule has 2 aromatic carbocycles. The second-order valence-electron chi connectivity index (χ2n) is 12.2. The van der Waals surface area contributed by atoms with Crippen molar-refractivity contribution >= 4 is 30.0 Å². The Morgan fingerprint density at radius 1 is 0.884 bits per heavy atom. The summed E-state index contributed by atoms with van der Waals surface area (Å²) in [6.45, 7) is 19.5. The normalized spacial score (nSPS) is 13.5. The van der Waals surface area contributed by atoms with Gasteiger partial charge in [-0.05, 0) is 71.2 Å². The number of hydrogen-bond donors (Lipinski definition) is 2. The number of ether oxygens (including phenoxy) is 2. The molecular formula is C34H45N3O6. The maximum absolute atomic E-state index is 14.2. The van der Waals surface area contributed by atoms with Gasteiger partial charge in [0.05, 0.1) is 0 Å². The Bertz CT molecular complexity index is 1290. The van der Waals surface area contributed by atoms with Crippen LogP contribution in [0.15, 0.2) is 73.8 Å². The molecule has 43 heavy (non-hydrogen) atoms. The number of amides is 3. The number of carbonyl (C=O) groups excluding carboxylic acids is 4. The number of carbonyl (C=O) groups is 4. The zero-order valence-electron chi connectivity index (χ0n) is 26.3. The lowest BCUT2D eigenvalue weighted by Gasteiger charge is -2.34. The van der Waals surface area contributed by atoms with Gasteiger partial charge in [0.25, 0.3) is 0 Å². The van der Waals surface area contributed by atoms with Crippen LogP contribution < -0.4 is 10.6 Å². The predicted molar refractivity (Wildman–Crippen MR) is 168 cm³/mol. The highest BCUT2D eigenvalue weighted by molar-refractivity contribution is 5.94. The van der Waals surface area contributed by atoms with E-state index < -0.39 is 53.2 Å². The maximum atomic E-state index is 14.2. The van der Waals surface area contributed by atoms with Gasteiger partial charge in [-0.15, -0.1) is 6.58 Å². The van der Waals surface area contributed by atoms with Crippen LogP contribution in [0.4, 0.5) is 4.79 Å². The Labute approximate surface area is 255 Å². The van der Waals surface area contributed by atoms with Crippen LogP contribution in [0, 0.1) is 0 Å². The van der Waals surface area contributed by atoms with Crippen molar-refractivity contribution in [2.75, 3.05) is 6.54 Å². The van der Waals surface area contributed by atoms with Crippen LogP contribution in [-0.2, 0) is 30.3 Å². The Morgan fingerprint density at radius 3 is 2.07 bits per heavy atom. The van der Waals surface area contributed by atoms with Gasteiger partial charge in [-0.25, -0.2) is 9.59 Å². The summed E-state index contributed by atoms with van der Waals surface area (Å²) in [4.78, 5) is 55.1.